The van der Waals surface area contributed by atoms with Crippen molar-refractivity contribution in [2.45, 2.75) is 12.5 Å². The summed E-state index contributed by atoms with van der Waals surface area (Å²) in [6.07, 6.45) is -1.13. The second-order valence-corrected chi connectivity index (χ2v) is 4.19. The zero-order valence-corrected chi connectivity index (χ0v) is 10.2. The zero-order valence-electron chi connectivity index (χ0n) is 10.2. The van der Waals surface area contributed by atoms with Crippen LogP contribution in [0.3, 0.4) is 0 Å². The molecule has 2 aromatic rings. The van der Waals surface area contributed by atoms with E-state index in [4.69, 9.17) is 0 Å². The van der Waals surface area contributed by atoms with Gasteiger partial charge >= 0.3 is 0 Å². The second-order valence-electron chi connectivity index (χ2n) is 4.19. The molecule has 0 radical (unpaired) electrons. The fourth-order valence-corrected chi connectivity index (χ4v) is 1.74. The van der Waals surface area contributed by atoms with Crippen LogP contribution in [0.5, 0.6) is 0 Å². The molecule has 0 aliphatic carbocycles. The topological polar surface area (TPSA) is 49.3 Å². The van der Waals surface area contributed by atoms with Crippen molar-refractivity contribution >= 4 is 11.6 Å². The molecule has 2 N–H and O–H groups in total. The van der Waals surface area contributed by atoms with Crippen LogP contribution in [0.4, 0.5) is 10.1 Å². The maximum Gasteiger partial charge on any atom is 0.227 e. The lowest BCUT2D eigenvalue weighted by Crippen LogP contribution is -2.15. The van der Waals surface area contributed by atoms with Crippen LogP contribution in [0.15, 0.2) is 54.6 Å². The number of carbonyl (C=O) groups excluding carboxylic acids is 1. The summed E-state index contributed by atoms with van der Waals surface area (Å²) in [6.45, 7) is 0. The normalized spacial score (nSPS) is 11.9. The van der Waals surface area contributed by atoms with Crippen LogP contribution in [-0.2, 0) is 4.79 Å². The zero-order chi connectivity index (χ0) is 13.7. The van der Waals surface area contributed by atoms with E-state index in [1.54, 1.807) is 30.3 Å². The molecule has 0 spiro atoms. The Morgan fingerprint density at radius 1 is 1.16 bits per heavy atom. The Balaban J connectivity index is 1.95. The molecular formula is C15H14FNO2. The summed E-state index contributed by atoms with van der Waals surface area (Å²) in [7, 11) is 0. The quantitative estimate of drug-likeness (QED) is 0.887. The molecule has 1 unspecified atom stereocenters. The van der Waals surface area contributed by atoms with Gasteiger partial charge in [0.05, 0.1) is 12.5 Å². The van der Waals surface area contributed by atoms with Gasteiger partial charge in [-0.3, -0.25) is 4.79 Å². The van der Waals surface area contributed by atoms with Crippen LogP contribution >= 0.6 is 0 Å². The highest BCUT2D eigenvalue weighted by molar-refractivity contribution is 5.91. The number of halogens is 1. The Morgan fingerprint density at radius 2 is 1.89 bits per heavy atom. The van der Waals surface area contributed by atoms with Crippen LogP contribution in [-0.4, -0.2) is 11.0 Å². The molecule has 3 nitrogen and oxygen atoms in total. The average Bonchev–Trinajstić information content (AvgIpc) is 2.39. The average molecular weight is 259 g/mol. The standard InChI is InChI=1S/C15H14FNO2/c16-12-6-4-5-11(9-12)14(18)10-15(19)17-13-7-2-1-3-8-13/h1-9,14,18H,10H2,(H,17,19). The van der Waals surface area contributed by atoms with Crippen molar-refractivity contribution in [3.8, 4) is 0 Å². The van der Waals surface area contributed by atoms with Crippen LogP contribution in [0.2, 0.25) is 0 Å². The summed E-state index contributed by atoms with van der Waals surface area (Å²) >= 11 is 0. The maximum absolute atomic E-state index is 13.0. The first kappa shape index (κ1) is 13.2. The van der Waals surface area contributed by atoms with Gasteiger partial charge in [-0.25, -0.2) is 4.39 Å². The second kappa shape index (κ2) is 6.11. The highest BCUT2D eigenvalue weighted by Crippen LogP contribution is 2.18. The minimum atomic E-state index is -1.01. The van der Waals surface area contributed by atoms with Gasteiger partial charge in [0.1, 0.15) is 5.82 Å². The largest absolute Gasteiger partial charge is 0.388 e. The smallest absolute Gasteiger partial charge is 0.227 e. The summed E-state index contributed by atoms with van der Waals surface area (Å²) in [5.74, 6) is -0.747. The van der Waals surface area contributed by atoms with Crippen molar-refractivity contribution in [2.24, 2.45) is 0 Å². The van der Waals surface area contributed by atoms with Gasteiger partial charge in [-0.1, -0.05) is 30.3 Å². The molecule has 0 saturated heterocycles. The van der Waals surface area contributed by atoms with Crippen molar-refractivity contribution in [1.29, 1.82) is 0 Å². The van der Waals surface area contributed by atoms with E-state index in [-0.39, 0.29) is 12.3 Å². The number of para-hydroxylation sites is 1. The Bertz CT molecular complexity index is 557. The van der Waals surface area contributed by atoms with Crippen molar-refractivity contribution in [1.82, 2.24) is 0 Å². The SMILES string of the molecule is O=C(CC(O)c1cccc(F)c1)Nc1ccccc1. The number of carbonyl (C=O) groups is 1. The van der Waals surface area contributed by atoms with Crippen molar-refractivity contribution in [2.75, 3.05) is 5.32 Å². The lowest BCUT2D eigenvalue weighted by Gasteiger charge is -2.11. The van der Waals surface area contributed by atoms with E-state index >= 15 is 0 Å². The number of aliphatic hydroxyl groups excluding tert-OH is 1. The summed E-state index contributed by atoms with van der Waals surface area (Å²) in [5.41, 5.74) is 1.06. The molecular weight excluding hydrogens is 245 g/mol. The third-order valence-electron chi connectivity index (χ3n) is 2.67. The predicted octanol–water partition coefficient (Wildman–Crippen LogP) is 2.89. The van der Waals surface area contributed by atoms with E-state index in [9.17, 15) is 14.3 Å². The highest BCUT2D eigenvalue weighted by Gasteiger charge is 2.13. The molecule has 0 aliphatic rings. The van der Waals surface area contributed by atoms with Crippen LogP contribution in [0.25, 0.3) is 0 Å². The first-order valence-electron chi connectivity index (χ1n) is 5.93. The lowest BCUT2D eigenvalue weighted by atomic mass is 10.1. The molecule has 0 fully saturated rings. The van der Waals surface area contributed by atoms with Gasteiger partial charge in [0.15, 0.2) is 0 Å². The van der Waals surface area contributed by atoms with E-state index < -0.39 is 11.9 Å². The third kappa shape index (κ3) is 3.89. The summed E-state index contributed by atoms with van der Waals surface area (Å²) in [6, 6.07) is 14.6. The van der Waals surface area contributed by atoms with E-state index in [1.807, 2.05) is 6.07 Å². The molecule has 98 valence electrons. The number of anilines is 1. The monoisotopic (exact) mass is 259 g/mol. The van der Waals surface area contributed by atoms with E-state index in [0.717, 1.165) is 0 Å². The fourth-order valence-electron chi connectivity index (χ4n) is 1.74. The van der Waals surface area contributed by atoms with Crippen molar-refractivity contribution < 1.29 is 14.3 Å². The fraction of sp³-hybridized carbons (Fsp3) is 0.133. The summed E-state index contributed by atoms with van der Waals surface area (Å²) < 4.78 is 13.0. The Labute approximate surface area is 110 Å². The van der Waals surface area contributed by atoms with Gasteiger partial charge < -0.3 is 10.4 Å². The van der Waals surface area contributed by atoms with Gasteiger partial charge in [0, 0.05) is 5.69 Å². The molecule has 0 aromatic heterocycles. The molecule has 0 heterocycles. The Morgan fingerprint density at radius 3 is 2.58 bits per heavy atom. The summed E-state index contributed by atoms with van der Waals surface area (Å²) in [5, 5.41) is 12.5. The van der Waals surface area contributed by atoms with Gasteiger partial charge in [-0.15, -0.1) is 0 Å². The van der Waals surface area contributed by atoms with E-state index in [2.05, 4.69) is 5.32 Å². The van der Waals surface area contributed by atoms with Crippen molar-refractivity contribution in [3.05, 3.63) is 66.0 Å². The number of nitrogens with one attached hydrogen (secondary N) is 1. The lowest BCUT2D eigenvalue weighted by molar-refractivity contribution is -0.118. The molecule has 2 aromatic carbocycles. The molecule has 1 amide bonds. The number of benzene rings is 2. The highest BCUT2D eigenvalue weighted by atomic mass is 19.1. The molecule has 2 rings (SSSR count). The van der Waals surface area contributed by atoms with Crippen LogP contribution in [0.1, 0.15) is 18.1 Å². The van der Waals surface area contributed by atoms with Crippen LogP contribution < -0.4 is 5.32 Å². The van der Waals surface area contributed by atoms with Gasteiger partial charge in [-0.05, 0) is 29.8 Å². The van der Waals surface area contributed by atoms with Gasteiger partial charge in [-0.2, -0.15) is 0 Å². The molecule has 0 bridgehead atoms. The Hall–Kier alpha value is -2.20. The first-order valence-corrected chi connectivity index (χ1v) is 5.93. The molecule has 0 saturated carbocycles. The number of rotatable bonds is 4. The predicted molar refractivity (Wildman–Crippen MR) is 71.0 cm³/mol. The Kier molecular flexibility index (Phi) is 4.26. The third-order valence-corrected chi connectivity index (χ3v) is 2.67. The minimum absolute atomic E-state index is 0.113. The number of hydrogen-bond donors (Lipinski definition) is 2. The molecule has 0 aliphatic heterocycles. The number of amides is 1. The maximum atomic E-state index is 13.0. The van der Waals surface area contributed by atoms with Gasteiger partial charge in [0.25, 0.3) is 0 Å². The van der Waals surface area contributed by atoms with Gasteiger partial charge in [0.2, 0.25) is 5.91 Å². The minimum Gasteiger partial charge on any atom is -0.388 e. The van der Waals surface area contributed by atoms with E-state index in [1.165, 1.54) is 18.2 Å². The van der Waals surface area contributed by atoms with E-state index in [0.29, 0.717) is 11.3 Å². The van der Waals surface area contributed by atoms with Crippen LogP contribution in [0, 0.1) is 5.82 Å². The number of hydrogen-bond acceptors (Lipinski definition) is 2. The molecule has 1 atom stereocenters. The molecule has 4 heteroatoms. The van der Waals surface area contributed by atoms with Crippen molar-refractivity contribution in [3.63, 3.8) is 0 Å². The molecule has 19 heavy (non-hydrogen) atoms. The number of aliphatic hydroxyl groups is 1. The summed E-state index contributed by atoms with van der Waals surface area (Å²) in [4.78, 5) is 11.7. The first-order chi connectivity index (χ1) is 9.15.